The van der Waals surface area contributed by atoms with Crippen molar-refractivity contribution in [2.24, 2.45) is 0 Å². The molecule has 0 aliphatic rings. The summed E-state index contributed by atoms with van der Waals surface area (Å²) in [6.07, 6.45) is 1.50. The minimum atomic E-state index is -0.370. The second-order valence-corrected chi connectivity index (χ2v) is 6.61. The lowest BCUT2D eigenvalue weighted by molar-refractivity contribution is 0.240. The van der Waals surface area contributed by atoms with Gasteiger partial charge in [0.2, 0.25) is 0 Å². The van der Waals surface area contributed by atoms with E-state index in [1.165, 1.54) is 15.9 Å². The average Bonchev–Trinajstić information content (AvgIpc) is 2.72. The minimum Gasteiger partial charge on any atom is -0.340 e. The largest absolute Gasteiger partial charge is 0.340 e. The molecule has 0 aliphatic heterocycles. The SMILES string of the molecule is CCN(S)C(=O)Nc1cnc2ccc(Nc3ccc4ccccc4c3)nc2n1. The van der Waals surface area contributed by atoms with E-state index in [0.29, 0.717) is 29.3 Å². The summed E-state index contributed by atoms with van der Waals surface area (Å²) in [5, 5.41) is 8.26. The van der Waals surface area contributed by atoms with Gasteiger partial charge in [0.05, 0.1) is 6.20 Å². The van der Waals surface area contributed by atoms with Gasteiger partial charge in [-0.15, -0.1) is 0 Å². The molecule has 2 aromatic heterocycles. The molecule has 4 aromatic rings. The first-order chi connectivity index (χ1) is 13.6. The molecular weight excluding hydrogens is 372 g/mol. The first-order valence-corrected chi connectivity index (χ1v) is 9.19. The zero-order valence-electron chi connectivity index (χ0n) is 15.1. The molecule has 0 bridgehead atoms. The summed E-state index contributed by atoms with van der Waals surface area (Å²) in [5.74, 6) is 0.963. The maximum Gasteiger partial charge on any atom is 0.332 e. The van der Waals surface area contributed by atoms with E-state index in [-0.39, 0.29) is 6.03 Å². The van der Waals surface area contributed by atoms with Gasteiger partial charge in [0.25, 0.3) is 0 Å². The molecule has 2 amide bonds. The lowest BCUT2D eigenvalue weighted by Crippen LogP contribution is -2.27. The van der Waals surface area contributed by atoms with Crippen molar-refractivity contribution < 1.29 is 4.79 Å². The lowest BCUT2D eigenvalue weighted by atomic mass is 10.1. The molecular formula is C20H18N6OS. The third kappa shape index (κ3) is 3.81. The number of benzene rings is 2. The van der Waals surface area contributed by atoms with E-state index in [0.717, 1.165) is 11.1 Å². The van der Waals surface area contributed by atoms with Crippen LogP contribution in [0.25, 0.3) is 21.9 Å². The molecule has 0 fully saturated rings. The van der Waals surface area contributed by atoms with Crippen molar-refractivity contribution in [1.82, 2.24) is 19.3 Å². The standard InChI is InChI=1S/C20H18N6OS/c1-2-26(28)20(27)25-18-12-21-16-9-10-17(23-19(16)24-18)22-15-8-7-13-5-3-4-6-14(13)11-15/h3-12,28H,2H2,1H3,(H2,22,23,24,25,27). The van der Waals surface area contributed by atoms with Gasteiger partial charge < -0.3 is 5.32 Å². The van der Waals surface area contributed by atoms with Crippen LogP contribution in [0, 0.1) is 0 Å². The number of urea groups is 1. The van der Waals surface area contributed by atoms with Crippen molar-refractivity contribution >= 4 is 58.1 Å². The number of nitrogens with one attached hydrogen (secondary N) is 2. The summed E-state index contributed by atoms with van der Waals surface area (Å²) in [7, 11) is 0. The molecule has 8 heteroatoms. The topological polar surface area (TPSA) is 83.0 Å². The van der Waals surface area contributed by atoms with E-state index in [2.05, 4.69) is 62.7 Å². The molecule has 0 radical (unpaired) electrons. The van der Waals surface area contributed by atoms with E-state index in [1.54, 1.807) is 0 Å². The van der Waals surface area contributed by atoms with Crippen LogP contribution < -0.4 is 10.6 Å². The fourth-order valence-corrected chi connectivity index (χ4v) is 2.81. The Morgan fingerprint density at radius 2 is 1.82 bits per heavy atom. The number of anilines is 3. The molecule has 0 aliphatic carbocycles. The predicted molar refractivity (Wildman–Crippen MR) is 115 cm³/mol. The van der Waals surface area contributed by atoms with Crippen molar-refractivity contribution in [3.8, 4) is 0 Å². The van der Waals surface area contributed by atoms with Crippen molar-refractivity contribution in [2.45, 2.75) is 6.92 Å². The average molecular weight is 390 g/mol. The monoisotopic (exact) mass is 390 g/mol. The molecule has 0 saturated carbocycles. The highest BCUT2D eigenvalue weighted by molar-refractivity contribution is 7.78. The zero-order chi connectivity index (χ0) is 19.5. The number of aromatic nitrogens is 3. The van der Waals surface area contributed by atoms with Gasteiger partial charge in [-0.25, -0.2) is 19.7 Å². The van der Waals surface area contributed by atoms with E-state index >= 15 is 0 Å². The van der Waals surface area contributed by atoms with Crippen LogP contribution in [0.3, 0.4) is 0 Å². The van der Waals surface area contributed by atoms with Crippen LogP contribution in [0.1, 0.15) is 6.92 Å². The molecule has 2 aromatic carbocycles. The van der Waals surface area contributed by atoms with E-state index < -0.39 is 0 Å². The highest BCUT2D eigenvalue weighted by Gasteiger charge is 2.10. The Hall–Kier alpha value is -3.39. The number of thiol groups is 1. The van der Waals surface area contributed by atoms with Gasteiger partial charge in [0.15, 0.2) is 11.5 Å². The number of rotatable bonds is 4. The smallest absolute Gasteiger partial charge is 0.332 e. The van der Waals surface area contributed by atoms with Crippen LogP contribution in [0.4, 0.5) is 22.1 Å². The maximum absolute atomic E-state index is 11.9. The van der Waals surface area contributed by atoms with Gasteiger partial charge in [0.1, 0.15) is 11.3 Å². The van der Waals surface area contributed by atoms with Crippen LogP contribution in [0.2, 0.25) is 0 Å². The van der Waals surface area contributed by atoms with Crippen molar-refractivity contribution in [1.29, 1.82) is 0 Å². The number of amides is 2. The van der Waals surface area contributed by atoms with Crippen LogP contribution in [-0.2, 0) is 0 Å². The molecule has 0 unspecified atom stereocenters. The highest BCUT2D eigenvalue weighted by Crippen LogP contribution is 2.22. The fraction of sp³-hybridized carbons (Fsp3) is 0.100. The summed E-state index contributed by atoms with van der Waals surface area (Å²) in [6, 6.07) is 17.6. The van der Waals surface area contributed by atoms with Crippen LogP contribution in [-0.4, -0.2) is 31.8 Å². The molecule has 0 saturated heterocycles. The number of pyridine rings is 1. The summed E-state index contributed by atoms with van der Waals surface area (Å²) in [5.41, 5.74) is 2.00. The molecule has 2 heterocycles. The first kappa shape index (κ1) is 18.0. The van der Waals surface area contributed by atoms with Crippen molar-refractivity contribution in [2.75, 3.05) is 17.2 Å². The van der Waals surface area contributed by atoms with Crippen molar-refractivity contribution in [3.05, 3.63) is 60.8 Å². The number of hydrogen-bond acceptors (Lipinski definition) is 6. The Morgan fingerprint density at radius 1 is 1.04 bits per heavy atom. The molecule has 0 atom stereocenters. The third-order valence-electron chi connectivity index (χ3n) is 4.20. The van der Waals surface area contributed by atoms with Crippen LogP contribution >= 0.6 is 12.8 Å². The predicted octanol–water partition coefficient (Wildman–Crippen LogP) is 4.62. The second kappa shape index (κ2) is 7.69. The Morgan fingerprint density at radius 3 is 2.64 bits per heavy atom. The van der Waals surface area contributed by atoms with E-state index in [1.807, 2.05) is 37.3 Å². The number of carbonyl (C=O) groups excluding carboxylic acids is 1. The highest BCUT2D eigenvalue weighted by atomic mass is 32.1. The summed E-state index contributed by atoms with van der Waals surface area (Å²) < 4.78 is 1.25. The summed E-state index contributed by atoms with van der Waals surface area (Å²) >= 11 is 4.07. The Balaban J connectivity index is 1.59. The number of carbonyl (C=O) groups is 1. The Labute approximate surface area is 167 Å². The molecule has 2 N–H and O–H groups in total. The number of fused-ring (bicyclic) bond motifs is 2. The minimum absolute atomic E-state index is 0.320. The maximum atomic E-state index is 11.9. The quantitative estimate of drug-likeness (QED) is 0.443. The van der Waals surface area contributed by atoms with Crippen LogP contribution in [0.15, 0.2) is 60.8 Å². The van der Waals surface area contributed by atoms with Gasteiger partial charge in [-0.3, -0.25) is 9.62 Å². The van der Waals surface area contributed by atoms with Gasteiger partial charge in [-0.05, 0) is 42.0 Å². The van der Waals surface area contributed by atoms with Crippen molar-refractivity contribution in [3.63, 3.8) is 0 Å². The summed E-state index contributed by atoms with van der Waals surface area (Å²) in [6.45, 7) is 2.29. The molecule has 28 heavy (non-hydrogen) atoms. The zero-order valence-corrected chi connectivity index (χ0v) is 16.0. The first-order valence-electron chi connectivity index (χ1n) is 8.79. The number of hydrogen-bond donors (Lipinski definition) is 3. The number of nitrogens with zero attached hydrogens (tertiary/aromatic N) is 4. The van der Waals surface area contributed by atoms with Gasteiger partial charge in [-0.1, -0.05) is 43.1 Å². The normalized spacial score (nSPS) is 10.8. The van der Waals surface area contributed by atoms with E-state index in [4.69, 9.17) is 0 Å². The Kier molecular flexibility index (Phi) is 4.94. The van der Waals surface area contributed by atoms with Crippen LogP contribution in [0.5, 0.6) is 0 Å². The lowest BCUT2D eigenvalue weighted by Gasteiger charge is -2.13. The summed E-state index contributed by atoms with van der Waals surface area (Å²) in [4.78, 5) is 25.1. The Bertz CT molecular complexity index is 1170. The molecule has 4 rings (SSSR count). The van der Waals surface area contributed by atoms with Gasteiger partial charge in [-0.2, -0.15) is 0 Å². The van der Waals surface area contributed by atoms with Gasteiger partial charge in [0, 0.05) is 12.2 Å². The van der Waals surface area contributed by atoms with Gasteiger partial charge >= 0.3 is 6.03 Å². The molecule has 7 nitrogen and oxygen atoms in total. The molecule has 0 spiro atoms. The fourth-order valence-electron chi connectivity index (χ4n) is 2.76. The second-order valence-electron chi connectivity index (χ2n) is 6.13. The molecule has 140 valence electrons. The third-order valence-corrected chi connectivity index (χ3v) is 4.66. The van der Waals surface area contributed by atoms with E-state index in [9.17, 15) is 4.79 Å².